The van der Waals surface area contributed by atoms with Crippen LogP contribution in [0, 0.1) is 0 Å². The normalized spacial score (nSPS) is 12.9. The van der Waals surface area contributed by atoms with Crippen molar-refractivity contribution in [3.63, 3.8) is 0 Å². The number of unbranched alkanes of at least 4 members (excludes halogenated alkanes) is 1. The van der Waals surface area contributed by atoms with Crippen molar-refractivity contribution in [3.8, 4) is 0 Å². The molecule has 0 unspecified atom stereocenters. The van der Waals surface area contributed by atoms with Crippen LogP contribution < -0.4 is 4.72 Å². The van der Waals surface area contributed by atoms with Crippen LogP contribution in [0.4, 0.5) is 0 Å². The van der Waals surface area contributed by atoms with Crippen molar-refractivity contribution in [2.24, 2.45) is 0 Å². The zero-order valence-electron chi connectivity index (χ0n) is 11.8. The predicted molar refractivity (Wildman–Crippen MR) is 73.4 cm³/mol. The molecule has 118 valence electrons. The third-order valence-corrected chi connectivity index (χ3v) is 4.27. The number of aromatic nitrogens is 1. The van der Waals surface area contributed by atoms with Crippen LogP contribution in [0.2, 0.25) is 0 Å². The summed E-state index contributed by atoms with van der Waals surface area (Å²) in [5.41, 5.74) is -0.0293. The van der Waals surface area contributed by atoms with Gasteiger partial charge in [0.1, 0.15) is 16.6 Å². The Labute approximate surface area is 122 Å². The lowest BCUT2D eigenvalue weighted by atomic mass is 10.1. The molecule has 1 aromatic rings. The number of ether oxygens (including phenoxy) is 1. The number of aliphatic carboxylic acids is 1. The first-order valence-corrected chi connectivity index (χ1v) is 7.82. The van der Waals surface area contributed by atoms with Crippen molar-refractivity contribution < 1.29 is 27.9 Å². The van der Waals surface area contributed by atoms with E-state index in [1.54, 1.807) is 0 Å². The number of rotatable bonds is 8. The van der Waals surface area contributed by atoms with Crippen molar-refractivity contribution >= 4 is 22.0 Å². The average molecular weight is 318 g/mol. The predicted octanol–water partition coefficient (Wildman–Crippen LogP) is 0.723. The number of esters is 1. The van der Waals surface area contributed by atoms with Gasteiger partial charge in [-0.3, -0.25) is 4.79 Å². The molecule has 8 nitrogen and oxygen atoms in total. The number of nitrogens with one attached hydrogen (secondary N) is 2. The van der Waals surface area contributed by atoms with Crippen molar-refractivity contribution in [1.29, 1.82) is 0 Å². The van der Waals surface area contributed by atoms with E-state index >= 15 is 0 Å². The Bertz CT molecular complexity index is 607. The fourth-order valence-corrected chi connectivity index (χ4v) is 2.87. The summed E-state index contributed by atoms with van der Waals surface area (Å²) < 4.78 is 30.7. The van der Waals surface area contributed by atoms with E-state index in [-0.39, 0.29) is 17.0 Å². The second-order valence-corrected chi connectivity index (χ2v) is 6.11. The molecule has 0 radical (unpaired) electrons. The summed E-state index contributed by atoms with van der Waals surface area (Å²) in [6.07, 6.45) is 2.63. The first kappa shape index (κ1) is 17.2. The standard InChI is InChI=1S/C12H18N2O6S/c1-3-4-5-9(11(15)16)14-21(18,19)8-6-10(13-7-8)12(17)20-2/h6-7,9,13-14H,3-5H2,1-2H3,(H,15,16)/t9-/m0/s1. The van der Waals surface area contributed by atoms with E-state index in [0.717, 1.165) is 18.7 Å². The second-order valence-electron chi connectivity index (χ2n) is 4.39. The minimum Gasteiger partial charge on any atom is -0.480 e. The number of carbonyl (C=O) groups is 2. The minimum absolute atomic E-state index is 0.0293. The number of hydrogen-bond acceptors (Lipinski definition) is 5. The highest BCUT2D eigenvalue weighted by Crippen LogP contribution is 2.13. The molecule has 0 amide bonds. The van der Waals surface area contributed by atoms with E-state index in [4.69, 9.17) is 5.11 Å². The molecule has 0 aliphatic rings. The smallest absolute Gasteiger partial charge is 0.354 e. The van der Waals surface area contributed by atoms with E-state index in [2.05, 4.69) is 14.4 Å². The van der Waals surface area contributed by atoms with Gasteiger partial charge in [-0.15, -0.1) is 0 Å². The van der Waals surface area contributed by atoms with Crippen LogP contribution in [-0.2, 0) is 19.6 Å². The molecule has 0 spiro atoms. The Hall–Kier alpha value is -1.87. The molecular weight excluding hydrogens is 300 g/mol. The van der Waals surface area contributed by atoms with Crippen LogP contribution in [0.25, 0.3) is 0 Å². The maximum absolute atomic E-state index is 12.1. The molecule has 0 aliphatic carbocycles. The minimum atomic E-state index is -4.03. The Kier molecular flexibility index (Phi) is 5.91. The number of carboxylic acid groups (broad SMARTS) is 1. The Morgan fingerprint density at radius 1 is 1.48 bits per heavy atom. The quantitative estimate of drug-likeness (QED) is 0.606. The number of H-pyrrole nitrogens is 1. The summed E-state index contributed by atoms with van der Waals surface area (Å²) in [6.45, 7) is 1.88. The lowest BCUT2D eigenvalue weighted by molar-refractivity contribution is -0.139. The molecule has 1 heterocycles. The van der Waals surface area contributed by atoms with Gasteiger partial charge < -0.3 is 14.8 Å². The lowest BCUT2D eigenvalue weighted by Gasteiger charge is -2.13. The molecule has 0 saturated carbocycles. The van der Waals surface area contributed by atoms with Gasteiger partial charge in [0, 0.05) is 6.20 Å². The van der Waals surface area contributed by atoms with Crippen LogP contribution in [-0.4, -0.2) is 43.6 Å². The number of carboxylic acids is 1. The fraction of sp³-hybridized carbons (Fsp3) is 0.500. The fourth-order valence-electron chi connectivity index (χ4n) is 1.65. The zero-order valence-corrected chi connectivity index (χ0v) is 12.6. The molecule has 1 atom stereocenters. The summed E-state index contributed by atoms with van der Waals surface area (Å²) in [5, 5.41) is 9.03. The van der Waals surface area contributed by atoms with Gasteiger partial charge in [-0.2, -0.15) is 4.72 Å². The van der Waals surface area contributed by atoms with Gasteiger partial charge >= 0.3 is 11.9 Å². The molecule has 0 aliphatic heterocycles. The summed E-state index contributed by atoms with van der Waals surface area (Å²) >= 11 is 0. The van der Waals surface area contributed by atoms with E-state index < -0.39 is 28.0 Å². The lowest BCUT2D eigenvalue weighted by Crippen LogP contribution is -2.40. The topological polar surface area (TPSA) is 126 Å². The first-order valence-electron chi connectivity index (χ1n) is 6.33. The number of carbonyl (C=O) groups excluding carboxylic acids is 1. The molecule has 9 heteroatoms. The van der Waals surface area contributed by atoms with Gasteiger partial charge in [0.25, 0.3) is 0 Å². The third kappa shape index (κ3) is 4.57. The van der Waals surface area contributed by atoms with Crippen molar-refractivity contribution in [2.75, 3.05) is 7.11 Å². The highest BCUT2D eigenvalue weighted by atomic mass is 32.2. The molecule has 0 saturated heterocycles. The Balaban J connectivity index is 2.91. The average Bonchev–Trinajstić information content (AvgIpc) is 2.92. The monoisotopic (exact) mass is 318 g/mol. The number of aromatic amines is 1. The highest BCUT2D eigenvalue weighted by molar-refractivity contribution is 7.89. The molecule has 0 bridgehead atoms. The van der Waals surface area contributed by atoms with Crippen LogP contribution in [0.3, 0.4) is 0 Å². The van der Waals surface area contributed by atoms with Crippen LogP contribution in [0.1, 0.15) is 36.7 Å². The first-order chi connectivity index (χ1) is 9.81. The van der Waals surface area contributed by atoms with Crippen LogP contribution >= 0.6 is 0 Å². The third-order valence-electron chi connectivity index (χ3n) is 2.81. The molecule has 1 aromatic heterocycles. The van der Waals surface area contributed by atoms with Crippen LogP contribution in [0.5, 0.6) is 0 Å². The maximum atomic E-state index is 12.1. The molecule has 0 aromatic carbocycles. The highest BCUT2D eigenvalue weighted by Gasteiger charge is 2.26. The van der Waals surface area contributed by atoms with E-state index in [0.29, 0.717) is 6.42 Å². The van der Waals surface area contributed by atoms with Gasteiger partial charge in [-0.1, -0.05) is 19.8 Å². The molecule has 0 fully saturated rings. The number of methoxy groups -OCH3 is 1. The van der Waals surface area contributed by atoms with Gasteiger partial charge in [0.2, 0.25) is 10.0 Å². The van der Waals surface area contributed by atoms with Gasteiger partial charge in [0.15, 0.2) is 0 Å². The van der Waals surface area contributed by atoms with Gasteiger partial charge in [-0.25, -0.2) is 13.2 Å². The molecule has 3 N–H and O–H groups in total. The molecule has 1 rings (SSSR count). The number of sulfonamides is 1. The molecular formula is C12H18N2O6S. The Morgan fingerprint density at radius 2 is 2.14 bits per heavy atom. The van der Waals surface area contributed by atoms with E-state index in [1.807, 2.05) is 6.92 Å². The molecule has 21 heavy (non-hydrogen) atoms. The second kappa shape index (κ2) is 7.23. The largest absolute Gasteiger partial charge is 0.480 e. The summed E-state index contributed by atoms with van der Waals surface area (Å²) in [7, 11) is -2.86. The summed E-state index contributed by atoms with van der Waals surface area (Å²) in [5.74, 6) is -1.95. The zero-order chi connectivity index (χ0) is 16.0. The summed E-state index contributed by atoms with van der Waals surface area (Å²) in [4.78, 5) is 24.6. The van der Waals surface area contributed by atoms with Crippen molar-refractivity contribution in [3.05, 3.63) is 18.0 Å². The van der Waals surface area contributed by atoms with Crippen LogP contribution in [0.15, 0.2) is 17.2 Å². The van der Waals surface area contributed by atoms with Crippen molar-refractivity contribution in [2.45, 2.75) is 37.1 Å². The maximum Gasteiger partial charge on any atom is 0.354 e. The number of hydrogen-bond donors (Lipinski definition) is 3. The van der Waals surface area contributed by atoms with E-state index in [9.17, 15) is 18.0 Å². The van der Waals surface area contributed by atoms with Gasteiger partial charge in [0.05, 0.1) is 7.11 Å². The SMILES string of the molecule is CCCC[C@H](NS(=O)(=O)c1c[nH]c(C(=O)OC)c1)C(=O)O. The Morgan fingerprint density at radius 3 is 2.67 bits per heavy atom. The summed E-state index contributed by atoms with van der Waals surface area (Å²) in [6, 6.07) is -0.112. The van der Waals surface area contributed by atoms with Crippen molar-refractivity contribution in [1.82, 2.24) is 9.71 Å². The van der Waals surface area contributed by atoms with Gasteiger partial charge in [-0.05, 0) is 12.5 Å². The van der Waals surface area contributed by atoms with E-state index in [1.165, 1.54) is 7.11 Å².